The number of hydrogen-bond acceptors (Lipinski definition) is 4. The zero-order chi connectivity index (χ0) is 26.3. The molecule has 0 bridgehead atoms. The highest BCUT2D eigenvalue weighted by molar-refractivity contribution is 5.86. The summed E-state index contributed by atoms with van der Waals surface area (Å²) in [5.74, 6) is 2.61. The first-order valence-electron chi connectivity index (χ1n) is 14.7. The normalized spacial score (nSPS) is 52.0. The zero-order valence-electron chi connectivity index (χ0n) is 23.8. The fourth-order valence-corrected chi connectivity index (χ4v) is 11.6. The number of carbonyl (C=O) groups excluding carboxylic acids is 2. The van der Waals surface area contributed by atoms with Crippen LogP contribution >= 0.6 is 0 Å². The van der Waals surface area contributed by atoms with Gasteiger partial charge < -0.3 is 9.84 Å². The quantitative estimate of drug-likeness (QED) is 0.344. The number of aliphatic hydroxyl groups is 1. The van der Waals surface area contributed by atoms with Gasteiger partial charge >= 0.3 is 5.97 Å². The van der Waals surface area contributed by atoms with Crippen molar-refractivity contribution in [2.24, 2.45) is 56.7 Å². The van der Waals surface area contributed by atoms with Gasteiger partial charge in [0.15, 0.2) is 0 Å². The minimum Gasteiger partial charge on any atom is -0.465 e. The lowest BCUT2D eigenvalue weighted by Gasteiger charge is -2.72. The van der Waals surface area contributed by atoms with Crippen LogP contribution in [0.15, 0.2) is 12.2 Å². The number of hydrogen-bond donors (Lipinski definition) is 1. The van der Waals surface area contributed by atoms with Crippen molar-refractivity contribution in [2.75, 3.05) is 13.2 Å². The molecule has 0 saturated heterocycles. The van der Waals surface area contributed by atoms with E-state index in [1.807, 2.05) is 0 Å². The van der Waals surface area contributed by atoms with E-state index in [9.17, 15) is 14.7 Å². The van der Waals surface area contributed by atoms with E-state index in [1.165, 1.54) is 45.4 Å². The van der Waals surface area contributed by atoms with Crippen LogP contribution in [-0.4, -0.2) is 30.1 Å². The zero-order valence-corrected chi connectivity index (χ0v) is 23.8. The summed E-state index contributed by atoms with van der Waals surface area (Å²) in [5, 5.41) is 10.0. The van der Waals surface area contributed by atoms with E-state index in [0.29, 0.717) is 41.3 Å². The van der Waals surface area contributed by atoms with Crippen LogP contribution in [0.2, 0.25) is 0 Å². The molecule has 0 spiro atoms. The lowest BCUT2D eigenvalue weighted by molar-refractivity contribution is -0.236. The standard InChI is InChI=1S/C32H50O4/c1-20(18-33)22-10-13-28(3)16-17-31(6)23(27(22)28)8-9-25-29(4)14-12-26(35)30(5,19-36-21(2)34)24(29)11-15-32(25,31)7/h22-25,27,33H,1,8-19H2,2-7H3/t22-,23+,24+,25+,27+,28+,29-,30-,31+,32+/m0/s1. The third kappa shape index (κ3) is 3.34. The molecule has 5 aliphatic carbocycles. The van der Waals surface area contributed by atoms with Crippen molar-refractivity contribution in [3.8, 4) is 0 Å². The lowest BCUT2D eigenvalue weighted by atomic mass is 9.32. The molecule has 0 aromatic carbocycles. The van der Waals surface area contributed by atoms with E-state index in [1.54, 1.807) is 0 Å². The molecule has 5 aliphatic rings. The summed E-state index contributed by atoms with van der Waals surface area (Å²) < 4.78 is 5.53. The Morgan fingerprint density at radius 2 is 1.67 bits per heavy atom. The second kappa shape index (κ2) is 8.42. The number of ketones is 1. The maximum atomic E-state index is 13.3. The monoisotopic (exact) mass is 498 g/mol. The average molecular weight is 499 g/mol. The minimum atomic E-state index is -0.571. The van der Waals surface area contributed by atoms with Gasteiger partial charge in [0, 0.05) is 13.3 Å². The van der Waals surface area contributed by atoms with Crippen molar-refractivity contribution in [1.29, 1.82) is 0 Å². The third-order valence-corrected chi connectivity index (χ3v) is 13.7. The van der Waals surface area contributed by atoms with E-state index in [4.69, 9.17) is 4.74 Å². The predicted molar refractivity (Wildman–Crippen MR) is 142 cm³/mol. The molecule has 0 heterocycles. The lowest BCUT2D eigenvalue weighted by Crippen LogP contribution is -2.66. The van der Waals surface area contributed by atoms with E-state index in [0.717, 1.165) is 24.8 Å². The van der Waals surface area contributed by atoms with E-state index in [-0.39, 0.29) is 41.3 Å². The number of Topliss-reactive ketones (excluding diaryl/α,β-unsaturated/α-hetero) is 1. The van der Waals surface area contributed by atoms with Gasteiger partial charge in [-0.25, -0.2) is 0 Å². The van der Waals surface area contributed by atoms with Crippen LogP contribution in [-0.2, 0) is 14.3 Å². The Balaban J connectivity index is 1.51. The Hall–Kier alpha value is -1.16. The smallest absolute Gasteiger partial charge is 0.302 e. The van der Waals surface area contributed by atoms with Crippen molar-refractivity contribution in [3.63, 3.8) is 0 Å². The molecule has 5 fully saturated rings. The fourth-order valence-electron chi connectivity index (χ4n) is 11.6. The van der Waals surface area contributed by atoms with Crippen LogP contribution in [0.25, 0.3) is 0 Å². The molecular formula is C32H50O4. The molecule has 4 heteroatoms. The van der Waals surface area contributed by atoms with Gasteiger partial charge in [0.2, 0.25) is 0 Å². The van der Waals surface area contributed by atoms with Gasteiger partial charge in [-0.05, 0) is 122 Å². The Bertz CT molecular complexity index is 956. The van der Waals surface area contributed by atoms with E-state index >= 15 is 0 Å². The van der Waals surface area contributed by atoms with Crippen molar-refractivity contribution in [1.82, 2.24) is 0 Å². The molecule has 0 aromatic rings. The van der Waals surface area contributed by atoms with Gasteiger partial charge in [-0.3, -0.25) is 9.59 Å². The Labute approximate surface area is 219 Å². The van der Waals surface area contributed by atoms with Crippen molar-refractivity contribution in [3.05, 3.63) is 12.2 Å². The summed E-state index contributed by atoms with van der Waals surface area (Å²) >= 11 is 0. The second-order valence-corrected chi connectivity index (χ2v) is 14.9. The molecule has 4 nitrogen and oxygen atoms in total. The molecule has 36 heavy (non-hydrogen) atoms. The van der Waals surface area contributed by atoms with E-state index in [2.05, 4.69) is 41.2 Å². The molecule has 1 N–H and O–H groups in total. The first kappa shape index (κ1) is 26.4. The first-order chi connectivity index (χ1) is 16.8. The Morgan fingerprint density at radius 3 is 2.33 bits per heavy atom. The van der Waals surface area contributed by atoms with Gasteiger partial charge in [-0.2, -0.15) is 0 Å². The van der Waals surface area contributed by atoms with Gasteiger partial charge in [0.1, 0.15) is 12.4 Å². The summed E-state index contributed by atoms with van der Waals surface area (Å²) in [5.41, 5.74) is 1.45. The highest BCUT2D eigenvalue weighted by atomic mass is 16.5. The highest BCUT2D eigenvalue weighted by Gasteiger charge is 2.70. The Kier molecular flexibility index (Phi) is 6.18. The highest BCUT2D eigenvalue weighted by Crippen LogP contribution is 2.77. The summed E-state index contributed by atoms with van der Waals surface area (Å²) in [6, 6.07) is 0. The van der Waals surface area contributed by atoms with Crippen LogP contribution in [0.5, 0.6) is 0 Å². The van der Waals surface area contributed by atoms with Crippen LogP contribution < -0.4 is 0 Å². The predicted octanol–water partition coefficient (Wildman–Crippen LogP) is 6.75. The van der Waals surface area contributed by atoms with Gasteiger partial charge in [0.25, 0.3) is 0 Å². The van der Waals surface area contributed by atoms with Gasteiger partial charge in [-0.1, -0.05) is 34.3 Å². The molecule has 5 saturated carbocycles. The number of esters is 1. The van der Waals surface area contributed by atoms with E-state index < -0.39 is 5.41 Å². The van der Waals surface area contributed by atoms with Crippen molar-refractivity contribution in [2.45, 2.75) is 106 Å². The summed E-state index contributed by atoms with van der Waals surface area (Å²) in [6.45, 7) is 18.5. The van der Waals surface area contributed by atoms with Crippen LogP contribution in [0.3, 0.4) is 0 Å². The molecule has 202 valence electrons. The maximum absolute atomic E-state index is 13.3. The molecule has 10 atom stereocenters. The van der Waals surface area contributed by atoms with Gasteiger partial charge in [0.05, 0.1) is 12.0 Å². The minimum absolute atomic E-state index is 0.0916. The average Bonchev–Trinajstić information content (AvgIpc) is 3.18. The largest absolute Gasteiger partial charge is 0.465 e. The van der Waals surface area contributed by atoms with Gasteiger partial charge in [-0.15, -0.1) is 0 Å². The number of aliphatic hydroxyl groups excluding tert-OH is 1. The molecule has 0 aliphatic heterocycles. The topological polar surface area (TPSA) is 63.6 Å². The first-order valence-corrected chi connectivity index (χ1v) is 14.7. The molecule has 0 unspecified atom stereocenters. The van der Waals surface area contributed by atoms with Crippen LogP contribution in [0.4, 0.5) is 0 Å². The fraction of sp³-hybridized carbons (Fsp3) is 0.875. The molecule has 5 rings (SSSR count). The molecule has 0 radical (unpaired) electrons. The van der Waals surface area contributed by atoms with Crippen molar-refractivity contribution >= 4 is 11.8 Å². The number of fused-ring (bicyclic) bond motifs is 7. The number of carbonyl (C=O) groups is 2. The number of ether oxygens (including phenoxy) is 1. The third-order valence-electron chi connectivity index (χ3n) is 13.7. The van der Waals surface area contributed by atoms with Crippen LogP contribution in [0, 0.1) is 56.7 Å². The summed E-state index contributed by atoms with van der Waals surface area (Å²) in [4.78, 5) is 25.0. The Morgan fingerprint density at radius 1 is 0.944 bits per heavy atom. The molecule has 0 amide bonds. The van der Waals surface area contributed by atoms with Crippen molar-refractivity contribution < 1.29 is 19.4 Å². The molecule has 0 aromatic heterocycles. The summed E-state index contributed by atoms with van der Waals surface area (Å²) in [7, 11) is 0. The molecular weight excluding hydrogens is 448 g/mol. The second-order valence-electron chi connectivity index (χ2n) is 14.9. The SMILES string of the molecule is C=C(CO)[C@@H]1CC[C@]2(C)CC[C@]3(C)[C@H](CC[C@@H]4[C@@]5(C)CCC(=O)[C@@](C)(COC(C)=O)[C@@H]5CC[C@]43C)[C@@H]12. The maximum Gasteiger partial charge on any atom is 0.302 e. The van der Waals surface area contributed by atoms with Crippen LogP contribution in [0.1, 0.15) is 106 Å². The summed E-state index contributed by atoms with van der Waals surface area (Å²) in [6.07, 6.45) is 11.3. The number of rotatable bonds is 4.